The highest BCUT2D eigenvalue weighted by Gasteiger charge is 2.20. The first-order chi connectivity index (χ1) is 14.3. The Morgan fingerprint density at radius 2 is 1.67 bits per heavy atom. The van der Waals surface area contributed by atoms with Gasteiger partial charge in [-0.3, -0.25) is 14.2 Å². The van der Waals surface area contributed by atoms with Crippen LogP contribution in [0.1, 0.15) is 26.3 Å². The number of carbonyl (C=O) groups excluding carboxylic acids is 1. The number of carbonyl (C=O) groups is 1. The van der Waals surface area contributed by atoms with Gasteiger partial charge in [0.05, 0.1) is 6.20 Å². The Kier molecular flexibility index (Phi) is 6.67. The van der Waals surface area contributed by atoms with E-state index < -0.39 is 11.6 Å². The summed E-state index contributed by atoms with van der Waals surface area (Å²) >= 11 is 0. The Balaban J connectivity index is 1.86. The second-order valence-corrected chi connectivity index (χ2v) is 8.00. The normalized spacial score (nSPS) is 11.2. The van der Waals surface area contributed by atoms with Crippen molar-refractivity contribution in [3.05, 3.63) is 82.8 Å². The van der Waals surface area contributed by atoms with Crippen LogP contribution in [0.3, 0.4) is 0 Å². The van der Waals surface area contributed by atoms with Crippen molar-refractivity contribution in [3.63, 3.8) is 0 Å². The lowest BCUT2D eigenvalue weighted by atomic mass is 10.1. The van der Waals surface area contributed by atoms with E-state index >= 15 is 0 Å². The highest BCUT2D eigenvalue weighted by Crippen LogP contribution is 2.17. The van der Waals surface area contributed by atoms with E-state index in [4.69, 9.17) is 4.74 Å². The van der Waals surface area contributed by atoms with Crippen molar-refractivity contribution in [3.8, 4) is 11.4 Å². The molecule has 156 valence electrons. The molecule has 0 aliphatic heterocycles. The summed E-state index contributed by atoms with van der Waals surface area (Å²) in [7, 11) is 0. The van der Waals surface area contributed by atoms with Crippen LogP contribution in [-0.4, -0.2) is 27.7 Å². The summed E-state index contributed by atoms with van der Waals surface area (Å²) in [6.45, 7) is 5.77. The van der Waals surface area contributed by atoms with Crippen molar-refractivity contribution in [1.82, 2.24) is 9.55 Å². The molecule has 0 radical (unpaired) electrons. The number of esters is 1. The number of aromatic nitrogens is 2. The standard InChI is InChI=1S/C24H27N3O3/c1-24(2,3)30-21(28)17-27-22(19-12-8-5-9-13-19)26-16-20(23(27)29)25-15-14-18-10-6-4-7-11-18/h4-13,16,25H,14-15,17H2,1-3H3. The lowest BCUT2D eigenvalue weighted by Gasteiger charge is -2.21. The van der Waals surface area contributed by atoms with Gasteiger partial charge in [-0.1, -0.05) is 60.7 Å². The second kappa shape index (κ2) is 9.39. The van der Waals surface area contributed by atoms with Crippen LogP contribution in [0.4, 0.5) is 5.69 Å². The van der Waals surface area contributed by atoms with Crippen LogP contribution in [-0.2, 0) is 22.5 Å². The van der Waals surface area contributed by atoms with E-state index in [0.29, 0.717) is 18.1 Å². The van der Waals surface area contributed by atoms with Crippen LogP contribution in [0.2, 0.25) is 0 Å². The predicted molar refractivity (Wildman–Crippen MR) is 118 cm³/mol. The Morgan fingerprint density at radius 1 is 1.03 bits per heavy atom. The Morgan fingerprint density at radius 3 is 2.30 bits per heavy atom. The molecule has 0 unspecified atom stereocenters. The summed E-state index contributed by atoms with van der Waals surface area (Å²) in [4.78, 5) is 30.1. The van der Waals surface area contributed by atoms with Gasteiger partial charge in [-0.25, -0.2) is 4.98 Å². The molecule has 6 heteroatoms. The molecule has 0 amide bonds. The molecule has 0 aliphatic rings. The van der Waals surface area contributed by atoms with Crippen LogP contribution >= 0.6 is 0 Å². The van der Waals surface area contributed by atoms with Crippen LogP contribution < -0.4 is 10.9 Å². The average molecular weight is 405 g/mol. The monoisotopic (exact) mass is 405 g/mol. The Hall–Kier alpha value is -3.41. The first-order valence-corrected chi connectivity index (χ1v) is 9.98. The van der Waals surface area contributed by atoms with Crippen molar-refractivity contribution in [2.45, 2.75) is 39.3 Å². The number of ether oxygens (including phenoxy) is 1. The van der Waals surface area contributed by atoms with Gasteiger partial charge in [-0.2, -0.15) is 0 Å². The van der Waals surface area contributed by atoms with Gasteiger partial charge in [0, 0.05) is 12.1 Å². The van der Waals surface area contributed by atoms with Gasteiger partial charge in [0.1, 0.15) is 23.7 Å². The summed E-state index contributed by atoms with van der Waals surface area (Å²) < 4.78 is 6.79. The molecular formula is C24H27N3O3. The average Bonchev–Trinajstić information content (AvgIpc) is 2.71. The van der Waals surface area contributed by atoms with E-state index in [0.717, 1.165) is 12.0 Å². The van der Waals surface area contributed by atoms with Crippen LogP contribution in [0, 0.1) is 0 Å². The number of nitrogens with zero attached hydrogens (tertiary/aromatic N) is 2. The minimum atomic E-state index is -0.632. The molecule has 0 fully saturated rings. The van der Waals surface area contributed by atoms with Crippen molar-refractivity contribution >= 4 is 11.7 Å². The van der Waals surface area contributed by atoms with Gasteiger partial charge in [-0.05, 0) is 32.8 Å². The van der Waals surface area contributed by atoms with Crippen molar-refractivity contribution in [1.29, 1.82) is 0 Å². The van der Waals surface area contributed by atoms with Crippen LogP contribution in [0.5, 0.6) is 0 Å². The first-order valence-electron chi connectivity index (χ1n) is 9.98. The molecule has 3 rings (SSSR count). The molecule has 0 spiro atoms. The van der Waals surface area contributed by atoms with E-state index in [-0.39, 0.29) is 12.1 Å². The maximum absolute atomic E-state index is 13.2. The van der Waals surface area contributed by atoms with Gasteiger partial charge in [0.25, 0.3) is 5.56 Å². The van der Waals surface area contributed by atoms with Gasteiger partial charge in [0.2, 0.25) is 0 Å². The quantitative estimate of drug-likeness (QED) is 0.604. The lowest BCUT2D eigenvalue weighted by molar-refractivity contribution is -0.155. The fourth-order valence-electron chi connectivity index (χ4n) is 3.07. The lowest BCUT2D eigenvalue weighted by Crippen LogP contribution is -2.33. The number of benzene rings is 2. The molecule has 6 nitrogen and oxygen atoms in total. The van der Waals surface area contributed by atoms with Crippen molar-refractivity contribution in [2.75, 3.05) is 11.9 Å². The second-order valence-electron chi connectivity index (χ2n) is 8.00. The molecule has 0 bridgehead atoms. The van der Waals surface area contributed by atoms with E-state index in [9.17, 15) is 9.59 Å². The van der Waals surface area contributed by atoms with Crippen LogP contribution in [0.15, 0.2) is 71.7 Å². The van der Waals surface area contributed by atoms with E-state index in [1.165, 1.54) is 16.3 Å². The smallest absolute Gasteiger partial charge is 0.326 e. The third kappa shape index (κ3) is 5.80. The first kappa shape index (κ1) is 21.3. The highest BCUT2D eigenvalue weighted by atomic mass is 16.6. The molecule has 0 saturated heterocycles. The Bertz CT molecular complexity index is 1040. The molecule has 30 heavy (non-hydrogen) atoms. The molecule has 2 aromatic carbocycles. The fraction of sp³-hybridized carbons (Fsp3) is 0.292. The van der Waals surface area contributed by atoms with E-state index in [1.54, 1.807) is 20.8 Å². The van der Waals surface area contributed by atoms with E-state index in [2.05, 4.69) is 10.3 Å². The third-order valence-electron chi connectivity index (χ3n) is 4.36. The largest absolute Gasteiger partial charge is 0.459 e. The molecule has 3 aromatic rings. The van der Waals surface area contributed by atoms with Gasteiger partial charge >= 0.3 is 5.97 Å². The minimum absolute atomic E-state index is 0.207. The van der Waals surface area contributed by atoms with Gasteiger partial charge < -0.3 is 10.1 Å². The van der Waals surface area contributed by atoms with Crippen molar-refractivity contribution in [2.24, 2.45) is 0 Å². The van der Waals surface area contributed by atoms with E-state index in [1.807, 2.05) is 60.7 Å². The molecule has 0 atom stereocenters. The molecular weight excluding hydrogens is 378 g/mol. The zero-order valence-corrected chi connectivity index (χ0v) is 17.6. The zero-order chi connectivity index (χ0) is 21.6. The molecule has 1 N–H and O–H groups in total. The predicted octanol–water partition coefficient (Wildman–Crippen LogP) is 3.91. The third-order valence-corrected chi connectivity index (χ3v) is 4.36. The number of nitrogens with one attached hydrogen (secondary N) is 1. The number of hydrogen-bond donors (Lipinski definition) is 1. The van der Waals surface area contributed by atoms with Crippen LogP contribution in [0.25, 0.3) is 11.4 Å². The molecule has 1 aromatic heterocycles. The molecule has 1 heterocycles. The van der Waals surface area contributed by atoms with Gasteiger partial charge in [-0.15, -0.1) is 0 Å². The highest BCUT2D eigenvalue weighted by molar-refractivity contribution is 5.71. The zero-order valence-electron chi connectivity index (χ0n) is 17.6. The fourth-order valence-corrected chi connectivity index (χ4v) is 3.07. The van der Waals surface area contributed by atoms with Gasteiger partial charge in [0.15, 0.2) is 0 Å². The maximum Gasteiger partial charge on any atom is 0.326 e. The number of anilines is 1. The minimum Gasteiger partial charge on any atom is -0.459 e. The summed E-state index contributed by atoms with van der Waals surface area (Å²) in [5.41, 5.74) is 1.35. The summed E-state index contributed by atoms with van der Waals surface area (Å²) in [5.74, 6) is -0.0508. The number of hydrogen-bond acceptors (Lipinski definition) is 5. The number of rotatable bonds is 7. The molecule has 0 aliphatic carbocycles. The topological polar surface area (TPSA) is 73.2 Å². The summed E-state index contributed by atoms with van der Waals surface area (Å²) in [6, 6.07) is 19.4. The summed E-state index contributed by atoms with van der Waals surface area (Å²) in [5, 5.41) is 3.15. The van der Waals surface area contributed by atoms with Crippen molar-refractivity contribution < 1.29 is 9.53 Å². The SMILES string of the molecule is CC(C)(C)OC(=O)Cn1c(-c2ccccc2)ncc(NCCc2ccccc2)c1=O. The Labute approximate surface area is 176 Å². The maximum atomic E-state index is 13.2. The summed E-state index contributed by atoms with van der Waals surface area (Å²) in [6.07, 6.45) is 2.30. The molecule has 0 saturated carbocycles.